The molecule has 2 rings (SSSR count). The zero-order valence-electron chi connectivity index (χ0n) is 12.1. The van der Waals surface area contributed by atoms with Crippen LogP contribution in [0.15, 0.2) is 6.07 Å². The molecule has 0 radical (unpaired) electrons. The van der Waals surface area contributed by atoms with E-state index in [0.29, 0.717) is 6.54 Å². The van der Waals surface area contributed by atoms with Crippen molar-refractivity contribution in [2.24, 2.45) is 0 Å². The molecule has 0 aromatic carbocycles. The monoisotopic (exact) mass is 264 g/mol. The minimum Gasteiger partial charge on any atom is -0.388 e. The van der Waals surface area contributed by atoms with Crippen molar-refractivity contribution in [3.8, 4) is 0 Å². The van der Waals surface area contributed by atoms with Crippen LogP contribution in [0.1, 0.15) is 39.4 Å². The van der Waals surface area contributed by atoms with Gasteiger partial charge in [-0.3, -0.25) is 0 Å². The average Bonchev–Trinajstić information content (AvgIpc) is 2.70. The standard InChI is InChI=1S/C14H24N4O/c1-4-6-11-16-12(15-5-2)9-13(17-11)18-8-7-14(3,19)10-18/h9,19H,4-8,10H2,1-3H3,(H,15,16,17). The number of nitrogens with zero attached hydrogens (tertiary/aromatic N) is 3. The van der Waals surface area contributed by atoms with Gasteiger partial charge in [-0.05, 0) is 26.7 Å². The second kappa shape index (κ2) is 5.74. The summed E-state index contributed by atoms with van der Waals surface area (Å²) in [5.74, 6) is 2.68. The van der Waals surface area contributed by atoms with Gasteiger partial charge in [-0.2, -0.15) is 0 Å². The van der Waals surface area contributed by atoms with Gasteiger partial charge < -0.3 is 15.3 Å². The maximum atomic E-state index is 10.1. The molecule has 1 fully saturated rings. The molecule has 2 heterocycles. The van der Waals surface area contributed by atoms with E-state index in [1.807, 2.05) is 13.0 Å². The highest BCUT2D eigenvalue weighted by atomic mass is 16.3. The van der Waals surface area contributed by atoms with Crippen LogP contribution in [-0.4, -0.2) is 40.3 Å². The van der Waals surface area contributed by atoms with E-state index in [4.69, 9.17) is 0 Å². The topological polar surface area (TPSA) is 61.3 Å². The number of aromatic nitrogens is 2. The van der Waals surface area contributed by atoms with Gasteiger partial charge in [0.1, 0.15) is 17.5 Å². The van der Waals surface area contributed by atoms with Gasteiger partial charge in [0.2, 0.25) is 0 Å². The van der Waals surface area contributed by atoms with E-state index in [1.165, 1.54) is 0 Å². The number of aryl methyl sites for hydroxylation is 1. The Morgan fingerprint density at radius 1 is 1.42 bits per heavy atom. The Hall–Kier alpha value is -1.36. The van der Waals surface area contributed by atoms with Crippen LogP contribution < -0.4 is 10.2 Å². The number of hydrogen-bond donors (Lipinski definition) is 2. The molecule has 0 saturated carbocycles. The van der Waals surface area contributed by atoms with Crippen LogP contribution in [0.3, 0.4) is 0 Å². The number of β-amino-alcohol motifs (C(OH)–C–C–N with tert-alkyl or cyclic N) is 1. The first-order chi connectivity index (χ1) is 9.04. The average molecular weight is 264 g/mol. The summed E-state index contributed by atoms with van der Waals surface area (Å²) < 4.78 is 0. The first-order valence-electron chi connectivity index (χ1n) is 7.13. The van der Waals surface area contributed by atoms with Crippen LogP contribution in [0.5, 0.6) is 0 Å². The first kappa shape index (κ1) is 14.1. The Morgan fingerprint density at radius 2 is 2.21 bits per heavy atom. The molecular formula is C14H24N4O. The van der Waals surface area contributed by atoms with Crippen LogP contribution in [0.2, 0.25) is 0 Å². The molecule has 1 saturated heterocycles. The van der Waals surface area contributed by atoms with Crippen LogP contribution in [0.4, 0.5) is 11.6 Å². The van der Waals surface area contributed by atoms with Gasteiger partial charge >= 0.3 is 0 Å². The minimum atomic E-state index is -0.603. The van der Waals surface area contributed by atoms with Gasteiger partial charge in [0.25, 0.3) is 0 Å². The van der Waals surface area contributed by atoms with Crippen LogP contribution >= 0.6 is 0 Å². The molecule has 2 N–H and O–H groups in total. The summed E-state index contributed by atoms with van der Waals surface area (Å²) >= 11 is 0. The van der Waals surface area contributed by atoms with E-state index in [-0.39, 0.29) is 0 Å². The first-order valence-corrected chi connectivity index (χ1v) is 7.13. The Morgan fingerprint density at radius 3 is 2.79 bits per heavy atom. The maximum absolute atomic E-state index is 10.1. The largest absolute Gasteiger partial charge is 0.388 e. The lowest BCUT2D eigenvalue weighted by Gasteiger charge is -2.21. The van der Waals surface area contributed by atoms with Crippen LogP contribution in [0.25, 0.3) is 0 Å². The lowest BCUT2D eigenvalue weighted by atomic mass is 10.1. The molecular weight excluding hydrogens is 240 g/mol. The number of aliphatic hydroxyl groups is 1. The molecule has 19 heavy (non-hydrogen) atoms. The highest BCUT2D eigenvalue weighted by Crippen LogP contribution is 2.26. The summed E-state index contributed by atoms with van der Waals surface area (Å²) in [5, 5.41) is 13.3. The third kappa shape index (κ3) is 3.56. The van der Waals surface area contributed by atoms with Crippen molar-refractivity contribution >= 4 is 11.6 Å². The molecule has 5 nitrogen and oxygen atoms in total. The van der Waals surface area contributed by atoms with Crippen molar-refractivity contribution in [3.63, 3.8) is 0 Å². The fourth-order valence-corrected chi connectivity index (χ4v) is 2.39. The maximum Gasteiger partial charge on any atom is 0.134 e. The van der Waals surface area contributed by atoms with Gasteiger partial charge in [-0.1, -0.05) is 6.92 Å². The third-order valence-electron chi connectivity index (χ3n) is 3.37. The van der Waals surface area contributed by atoms with Crippen molar-refractivity contribution < 1.29 is 5.11 Å². The van der Waals surface area contributed by atoms with Crippen molar-refractivity contribution in [1.29, 1.82) is 0 Å². The fourth-order valence-electron chi connectivity index (χ4n) is 2.39. The Labute approximate surface area is 115 Å². The van der Waals surface area contributed by atoms with Crippen molar-refractivity contribution in [3.05, 3.63) is 11.9 Å². The summed E-state index contributed by atoms with van der Waals surface area (Å²) in [6.45, 7) is 8.40. The summed E-state index contributed by atoms with van der Waals surface area (Å²) in [7, 11) is 0. The number of hydrogen-bond acceptors (Lipinski definition) is 5. The van der Waals surface area contributed by atoms with E-state index >= 15 is 0 Å². The van der Waals surface area contributed by atoms with E-state index in [0.717, 1.165) is 49.8 Å². The molecule has 1 aromatic rings. The number of anilines is 2. The second-order valence-corrected chi connectivity index (χ2v) is 5.48. The second-order valence-electron chi connectivity index (χ2n) is 5.48. The molecule has 1 aromatic heterocycles. The predicted molar refractivity (Wildman–Crippen MR) is 77.6 cm³/mol. The molecule has 1 atom stereocenters. The minimum absolute atomic E-state index is 0.603. The zero-order chi connectivity index (χ0) is 13.9. The fraction of sp³-hybridized carbons (Fsp3) is 0.714. The quantitative estimate of drug-likeness (QED) is 0.849. The highest BCUT2D eigenvalue weighted by molar-refractivity contribution is 5.50. The van der Waals surface area contributed by atoms with Gasteiger partial charge in [0, 0.05) is 32.1 Å². The van der Waals surface area contributed by atoms with E-state index in [9.17, 15) is 5.11 Å². The van der Waals surface area contributed by atoms with E-state index in [2.05, 4.69) is 34.0 Å². The molecule has 0 aliphatic carbocycles. The summed E-state index contributed by atoms with van der Waals surface area (Å²) in [6, 6.07) is 1.98. The van der Waals surface area contributed by atoms with Gasteiger partial charge in [0.15, 0.2) is 0 Å². The number of nitrogens with one attached hydrogen (secondary N) is 1. The van der Waals surface area contributed by atoms with E-state index in [1.54, 1.807) is 0 Å². The summed E-state index contributed by atoms with van der Waals surface area (Å²) in [5.41, 5.74) is -0.603. The smallest absolute Gasteiger partial charge is 0.134 e. The lowest BCUT2D eigenvalue weighted by molar-refractivity contribution is 0.0839. The SMILES string of the molecule is CCCc1nc(NCC)cc(N2CCC(C)(O)C2)n1. The number of rotatable bonds is 5. The predicted octanol–water partition coefficient (Wildman–Crippen LogP) is 1.82. The molecule has 1 unspecified atom stereocenters. The molecule has 0 bridgehead atoms. The van der Waals surface area contributed by atoms with E-state index < -0.39 is 5.60 Å². The highest BCUT2D eigenvalue weighted by Gasteiger charge is 2.32. The molecule has 5 heteroatoms. The Bertz CT molecular complexity index is 409. The van der Waals surface area contributed by atoms with Gasteiger partial charge in [0.05, 0.1) is 5.60 Å². The van der Waals surface area contributed by atoms with Crippen molar-refractivity contribution in [2.45, 2.75) is 45.6 Å². The van der Waals surface area contributed by atoms with Crippen LogP contribution in [0, 0.1) is 0 Å². The van der Waals surface area contributed by atoms with Crippen molar-refractivity contribution in [1.82, 2.24) is 9.97 Å². The Balaban J connectivity index is 2.23. The Kier molecular flexibility index (Phi) is 4.24. The summed E-state index contributed by atoms with van der Waals surface area (Å²) in [4.78, 5) is 11.3. The third-order valence-corrected chi connectivity index (χ3v) is 3.37. The molecule has 0 spiro atoms. The summed E-state index contributed by atoms with van der Waals surface area (Å²) in [6.07, 6.45) is 2.71. The zero-order valence-corrected chi connectivity index (χ0v) is 12.1. The normalized spacial score (nSPS) is 22.8. The van der Waals surface area contributed by atoms with Gasteiger partial charge in [-0.15, -0.1) is 0 Å². The molecule has 1 aliphatic rings. The molecule has 0 amide bonds. The lowest BCUT2D eigenvalue weighted by Crippen LogP contribution is -2.30. The van der Waals surface area contributed by atoms with Gasteiger partial charge in [-0.25, -0.2) is 9.97 Å². The van der Waals surface area contributed by atoms with Crippen LogP contribution in [-0.2, 0) is 6.42 Å². The molecule has 1 aliphatic heterocycles. The molecule has 106 valence electrons. The van der Waals surface area contributed by atoms with Crippen molar-refractivity contribution in [2.75, 3.05) is 29.9 Å².